The third-order valence-electron chi connectivity index (χ3n) is 3.69. The largest absolute Gasteiger partial charge is 0.481 e. The molecular weight excluding hydrogens is 294 g/mol. The lowest BCUT2D eigenvalue weighted by Gasteiger charge is -2.20. The lowest BCUT2D eigenvalue weighted by Crippen LogP contribution is -2.29. The SMILES string of the molecule is CC(C)N1CC(C(=O)O)C(c2ccc(Br)cc2)C1. The highest BCUT2D eigenvalue weighted by Crippen LogP contribution is 2.34. The number of carboxylic acid groups (broad SMARTS) is 1. The lowest BCUT2D eigenvalue weighted by atomic mass is 9.89. The van der Waals surface area contributed by atoms with E-state index in [1.807, 2.05) is 24.3 Å². The molecule has 1 fully saturated rings. The monoisotopic (exact) mass is 311 g/mol. The van der Waals surface area contributed by atoms with Crippen LogP contribution in [0.25, 0.3) is 0 Å². The van der Waals surface area contributed by atoms with Gasteiger partial charge >= 0.3 is 5.97 Å². The van der Waals surface area contributed by atoms with Crippen LogP contribution in [0.1, 0.15) is 25.3 Å². The molecule has 2 rings (SSSR count). The molecule has 2 unspecified atom stereocenters. The number of benzene rings is 1. The zero-order valence-electron chi connectivity index (χ0n) is 10.6. The van der Waals surface area contributed by atoms with Crippen molar-refractivity contribution in [1.82, 2.24) is 4.90 Å². The summed E-state index contributed by atoms with van der Waals surface area (Å²) in [7, 11) is 0. The summed E-state index contributed by atoms with van der Waals surface area (Å²) in [6.45, 7) is 5.70. The van der Waals surface area contributed by atoms with Gasteiger partial charge in [-0.05, 0) is 31.5 Å². The highest BCUT2D eigenvalue weighted by molar-refractivity contribution is 9.10. The fourth-order valence-corrected chi connectivity index (χ4v) is 2.82. The Bertz CT molecular complexity index is 430. The molecule has 0 amide bonds. The van der Waals surface area contributed by atoms with E-state index in [-0.39, 0.29) is 11.8 Å². The van der Waals surface area contributed by atoms with Crippen molar-refractivity contribution in [2.24, 2.45) is 5.92 Å². The molecule has 2 atom stereocenters. The van der Waals surface area contributed by atoms with Crippen LogP contribution >= 0.6 is 15.9 Å². The quantitative estimate of drug-likeness (QED) is 0.933. The van der Waals surface area contributed by atoms with Gasteiger partial charge in [-0.25, -0.2) is 0 Å². The summed E-state index contributed by atoms with van der Waals surface area (Å²) in [5.74, 6) is -0.891. The molecule has 18 heavy (non-hydrogen) atoms. The Morgan fingerprint density at radius 3 is 2.44 bits per heavy atom. The first kappa shape index (κ1) is 13.6. The van der Waals surface area contributed by atoms with Crippen LogP contribution in [0.5, 0.6) is 0 Å². The predicted molar refractivity (Wildman–Crippen MR) is 74.7 cm³/mol. The van der Waals surface area contributed by atoms with Crippen molar-refractivity contribution in [2.45, 2.75) is 25.8 Å². The summed E-state index contributed by atoms with van der Waals surface area (Å²) in [4.78, 5) is 13.6. The predicted octanol–water partition coefficient (Wildman–Crippen LogP) is 2.96. The van der Waals surface area contributed by atoms with E-state index in [2.05, 4.69) is 34.7 Å². The van der Waals surface area contributed by atoms with E-state index in [4.69, 9.17) is 0 Å². The normalized spacial score (nSPS) is 24.7. The molecule has 1 saturated heterocycles. The van der Waals surface area contributed by atoms with Gasteiger partial charge in [0.15, 0.2) is 0 Å². The average molecular weight is 312 g/mol. The molecule has 3 nitrogen and oxygen atoms in total. The summed E-state index contributed by atoms with van der Waals surface area (Å²) in [6.07, 6.45) is 0. The Kier molecular flexibility index (Phi) is 4.07. The van der Waals surface area contributed by atoms with Gasteiger partial charge in [0.1, 0.15) is 0 Å². The molecule has 98 valence electrons. The summed E-state index contributed by atoms with van der Waals surface area (Å²) < 4.78 is 1.02. The Hall–Kier alpha value is -0.870. The second kappa shape index (κ2) is 5.41. The number of rotatable bonds is 3. The standard InChI is InChI=1S/C14H18BrNO2/c1-9(2)16-7-12(13(8-16)14(17)18)10-3-5-11(15)6-4-10/h3-6,9,12-13H,7-8H2,1-2H3,(H,17,18). The Labute approximate surface area is 116 Å². The van der Waals surface area contributed by atoms with Crippen LogP contribution in [0.15, 0.2) is 28.7 Å². The van der Waals surface area contributed by atoms with Gasteiger partial charge in [-0.3, -0.25) is 9.69 Å². The van der Waals surface area contributed by atoms with Gasteiger partial charge in [-0.2, -0.15) is 0 Å². The van der Waals surface area contributed by atoms with Crippen molar-refractivity contribution in [1.29, 1.82) is 0 Å². The Morgan fingerprint density at radius 2 is 1.94 bits per heavy atom. The molecule has 0 radical (unpaired) electrons. The fraction of sp³-hybridized carbons (Fsp3) is 0.500. The maximum atomic E-state index is 11.4. The number of nitrogens with zero attached hydrogens (tertiary/aromatic N) is 1. The molecule has 4 heteroatoms. The summed E-state index contributed by atoms with van der Waals surface area (Å²) in [5, 5.41) is 9.36. The van der Waals surface area contributed by atoms with Crippen LogP contribution in [0.4, 0.5) is 0 Å². The van der Waals surface area contributed by atoms with Crippen molar-refractivity contribution >= 4 is 21.9 Å². The Balaban J connectivity index is 2.24. The molecule has 1 aliphatic heterocycles. The first-order valence-electron chi connectivity index (χ1n) is 6.21. The van der Waals surface area contributed by atoms with Crippen LogP contribution in [0.2, 0.25) is 0 Å². The van der Waals surface area contributed by atoms with E-state index in [1.54, 1.807) is 0 Å². The summed E-state index contributed by atoms with van der Waals surface area (Å²) >= 11 is 3.41. The number of aliphatic carboxylic acids is 1. The molecule has 1 aromatic carbocycles. The topological polar surface area (TPSA) is 40.5 Å². The van der Waals surface area contributed by atoms with Gasteiger partial charge in [-0.1, -0.05) is 28.1 Å². The molecule has 0 bridgehead atoms. The number of likely N-dealkylation sites (tertiary alicyclic amines) is 1. The van der Waals surface area contributed by atoms with Crippen molar-refractivity contribution in [2.75, 3.05) is 13.1 Å². The van der Waals surface area contributed by atoms with E-state index in [9.17, 15) is 9.90 Å². The van der Waals surface area contributed by atoms with Crippen LogP contribution < -0.4 is 0 Å². The third-order valence-corrected chi connectivity index (χ3v) is 4.22. The lowest BCUT2D eigenvalue weighted by molar-refractivity contribution is -0.141. The molecule has 1 heterocycles. The highest BCUT2D eigenvalue weighted by atomic mass is 79.9. The smallest absolute Gasteiger partial charge is 0.308 e. The first-order valence-corrected chi connectivity index (χ1v) is 7.00. The zero-order chi connectivity index (χ0) is 13.3. The first-order chi connectivity index (χ1) is 8.49. The molecule has 0 saturated carbocycles. The molecule has 1 aromatic rings. The van der Waals surface area contributed by atoms with E-state index in [0.717, 1.165) is 16.6 Å². The fourth-order valence-electron chi connectivity index (χ4n) is 2.55. The van der Waals surface area contributed by atoms with Gasteiger partial charge in [-0.15, -0.1) is 0 Å². The van der Waals surface area contributed by atoms with Gasteiger partial charge in [0.05, 0.1) is 5.92 Å². The molecular formula is C14H18BrNO2. The number of halogens is 1. The maximum absolute atomic E-state index is 11.4. The number of hydrogen-bond donors (Lipinski definition) is 1. The average Bonchev–Trinajstić information content (AvgIpc) is 2.75. The minimum atomic E-state index is -0.689. The van der Waals surface area contributed by atoms with Gasteiger partial charge in [0.2, 0.25) is 0 Å². The third kappa shape index (κ3) is 2.75. The second-order valence-electron chi connectivity index (χ2n) is 5.15. The molecule has 0 aliphatic carbocycles. The van der Waals surface area contributed by atoms with E-state index < -0.39 is 5.97 Å². The van der Waals surface area contributed by atoms with Gasteiger partial charge in [0.25, 0.3) is 0 Å². The molecule has 0 spiro atoms. The van der Waals surface area contributed by atoms with Crippen LogP contribution in [0, 0.1) is 5.92 Å². The summed E-state index contributed by atoms with van der Waals surface area (Å²) in [5.41, 5.74) is 1.12. The van der Waals surface area contributed by atoms with Crippen molar-refractivity contribution in [3.05, 3.63) is 34.3 Å². The minimum Gasteiger partial charge on any atom is -0.481 e. The second-order valence-corrected chi connectivity index (χ2v) is 6.07. The van der Waals surface area contributed by atoms with E-state index in [1.165, 1.54) is 0 Å². The van der Waals surface area contributed by atoms with Crippen molar-refractivity contribution in [3.8, 4) is 0 Å². The summed E-state index contributed by atoms with van der Waals surface area (Å²) in [6, 6.07) is 8.40. The van der Waals surface area contributed by atoms with Crippen molar-refractivity contribution in [3.63, 3.8) is 0 Å². The minimum absolute atomic E-state index is 0.0954. The number of carboxylic acids is 1. The van der Waals surface area contributed by atoms with Crippen LogP contribution in [-0.2, 0) is 4.79 Å². The number of hydrogen-bond acceptors (Lipinski definition) is 2. The van der Waals surface area contributed by atoms with Crippen LogP contribution in [-0.4, -0.2) is 35.1 Å². The van der Waals surface area contributed by atoms with Gasteiger partial charge in [0, 0.05) is 29.5 Å². The molecule has 1 N–H and O–H groups in total. The highest BCUT2D eigenvalue weighted by Gasteiger charge is 2.39. The number of carbonyl (C=O) groups is 1. The van der Waals surface area contributed by atoms with Crippen LogP contribution in [0.3, 0.4) is 0 Å². The van der Waals surface area contributed by atoms with Gasteiger partial charge < -0.3 is 5.11 Å². The van der Waals surface area contributed by atoms with E-state index >= 15 is 0 Å². The zero-order valence-corrected chi connectivity index (χ0v) is 12.2. The van der Waals surface area contributed by atoms with Crippen molar-refractivity contribution < 1.29 is 9.90 Å². The maximum Gasteiger partial charge on any atom is 0.308 e. The molecule has 0 aromatic heterocycles. The molecule has 1 aliphatic rings. The van der Waals surface area contributed by atoms with E-state index in [0.29, 0.717) is 12.6 Å². The Morgan fingerprint density at radius 1 is 1.33 bits per heavy atom.